The lowest BCUT2D eigenvalue weighted by Crippen LogP contribution is -2.34. The Balaban J connectivity index is 2.64. The van der Waals surface area contributed by atoms with Gasteiger partial charge in [-0.15, -0.1) is 6.58 Å². The molecule has 0 bridgehead atoms. The Kier molecular flexibility index (Phi) is 4.29. The van der Waals surface area contributed by atoms with Gasteiger partial charge in [0.2, 0.25) is 5.91 Å². The molecule has 0 heterocycles. The number of primary amides is 1. The first-order valence-electron chi connectivity index (χ1n) is 5.53. The van der Waals surface area contributed by atoms with E-state index in [1.54, 1.807) is 6.08 Å². The SMILES string of the molecule is C=CCC(C)(CCc1ccccc1)C(N)=O. The summed E-state index contributed by atoms with van der Waals surface area (Å²) in [6.07, 6.45) is 4.03. The number of benzene rings is 1. The quantitative estimate of drug-likeness (QED) is 0.731. The fourth-order valence-corrected chi connectivity index (χ4v) is 1.71. The first-order chi connectivity index (χ1) is 7.58. The van der Waals surface area contributed by atoms with Crippen LogP contribution in [0.15, 0.2) is 43.0 Å². The van der Waals surface area contributed by atoms with Crippen molar-refractivity contribution in [2.45, 2.75) is 26.2 Å². The Morgan fingerprint density at radius 3 is 2.56 bits per heavy atom. The average molecular weight is 217 g/mol. The first-order valence-corrected chi connectivity index (χ1v) is 5.53. The molecule has 0 fully saturated rings. The van der Waals surface area contributed by atoms with Crippen molar-refractivity contribution in [3.8, 4) is 0 Å². The van der Waals surface area contributed by atoms with Crippen LogP contribution in [0.1, 0.15) is 25.3 Å². The van der Waals surface area contributed by atoms with E-state index in [0.717, 1.165) is 12.8 Å². The zero-order valence-corrected chi connectivity index (χ0v) is 9.78. The standard InChI is InChI=1S/C14H19NO/c1-3-10-14(2,13(15)16)11-9-12-7-5-4-6-8-12/h3-8H,1,9-11H2,2H3,(H2,15,16). The maximum Gasteiger partial charge on any atom is 0.223 e. The molecule has 1 unspecified atom stereocenters. The number of carbonyl (C=O) groups is 1. The number of hydrogen-bond acceptors (Lipinski definition) is 1. The highest BCUT2D eigenvalue weighted by Gasteiger charge is 2.28. The van der Waals surface area contributed by atoms with Crippen LogP contribution in [0.4, 0.5) is 0 Å². The van der Waals surface area contributed by atoms with Crippen LogP contribution in [-0.2, 0) is 11.2 Å². The van der Waals surface area contributed by atoms with Crippen LogP contribution in [0.5, 0.6) is 0 Å². The molecule has 0 aromatic heterocycles. The van der Waals surface area contributed by atoms with E-state index in [4.69, 9.17) is 5.73 Å². The predicted octanol–water partition coefficient (Wildman–Crippen LogP) is 2.69. The largest absolute Gasteiger partial charge is 0.369 e. The minimum Gasteiger partial charge on any atom is -0.369 e. The van der Waals surface area contributed by atoms with Crippen LogP contribution in [-0.4, -0.2) is 5.91 Å². The van der Waals surface area contributed by atoms with Crippen molar-refractivity contribution in [2.75, 3.05) is 0 Å². The number of hydrogen-bond donors (Lipinski definition) is 1. The molecular formula is C14H19NO. The molecule has 2 N–H and O–H groups in total. The molecule has 1 aromatic carbocycles. The minimum absolute atomic E-state index is 0.247. The molecule has 1 rings (SSSR count). The Morgan fingerprint density at radius 2 is 2.06 bits per heavy atom. The van der Waals surface area contributed by atoms with E-state index in [-0.39, 0.29) is 5.91 Å². The molecular weight excluding hydrogens is 198 g/mol. The minimum atomic E-state index is -0.475. The molecule has 0 spiro atoms. The summed E-state index contributed by atoms with van der Waals surface area (Å²) in [4.78, 5) is 11.4. The van der Waals surface area contributed by atoms with E-state index < -0.39 is 5.41 Å². The fourth-order valence-electron chi connectivity index (χ4n) is 1.71. The summed E-state index contributed by atoms with van der Waals surface area (Å²) in [6.45, 7) is 5.58. The fraction of sp³-hybridized carbons (Fsp3) is 0.357. The Hall–Kier alpha value is -1.57. The molecule has 0 aliphatic heterocycles. The van der Waals surface area contributed by atoms with Gasteiger partial charge in [0.05, 0.1) is 0 Å². The molecule has 0 saturated carbocycles. The lowest BCUT2D eigenvalue weighted by atomic mass is 9.80. The molecule has 86 valence electrons. The van der Waals surface area contributed by atoms with Gasteiger partial charge in [0, 0.05) is 5.41 Å². The highest BCUT2D eigenvalue weighted by atomic mass is 16.1. The van der Waals surface area contributed by atoms with Crippen molar-refractivity contribution in [2.24, 2.45) is 11.1 Å². The van der Waals surface area contributed by atoms with E-state index in [2.05, 4.69) is 18.7 Å². The van der Waals surface area contributed by atoms with Gasteiger partial charge in [-0.05, 0) is 24.8 Å². The van der Waals surface area contributed by atoms with E-state index in [1.165, 1.54) is 5.56 Å². The molecule has 2 heteroatoms. The lowest BCUT2D eigenvalue weighted by Gasteiger charge is -2.24. The summed E-state index contributed by atoms with van der Waals surface area (Å²) in [7, 11) is 0. The van der Waals surface area contributed by atoms with Crippen LogP contribution in [0, 0.1) is 5.41 Å². The van der Waals surface area contributed by atoms with Gasteiger partial charge in [-0.2, -0.15) is 0 Å². The van der Waals surface area contributed by atoms with Gasteiger partial charge in [-0.25, -0.2) is 0 Å². The lowest BCUT2D eigenvalue weighted by molar-refractivity contribution is -0.127. The van der Waals surface area contributed by atoms with Crippen molar-refractivity contribution >= 4 is 5.91 Å². The molecule has 0 aliphatic carbocycles. The van der Waals surface area contributed by atoms with Gasteiger partial charge in [0.1, 0.15) is 0 Å². The zero-order chi connectivity index (χ0) is 12.0. The number of nitrogens with two attached hydrogens (primary N) is 1. The summed E-state index contributed by atoms with van der Waals surface area (Å²) < 4.78 is 0. The summed E-state index contributed by atoms with van der Waals surface area (Å²) in [5.74, 6) is -0.247. The second kappa shape index (κ2) is 5.50. The van der Waals surface area contributed by atoms with Crippen molar-refractivity contribution < 1.29 is 4.79 Å². The van der Waals surface area contributed by atoms with E-state index >= 15 is 0 Å². The van der Waals surface area contributed by atoms with Crippen LogP contribution >= 0.6 is 0 Å². The van der Waals surface area contributed by atoms with E-state index in [0.29, 0.717) is 6.42 Å². The number of amides is 1. The van der Waals surface area contributed by atoms with Crippen molar-refractivity contribution in [1.82, 2.24) is 0 Å². The van der Waals surface area contributed by atoms with Crippen molar-refractivity contribution in [1.29, 1.82) is 0 Å². The summed E-state index contributed by atoms with van der Waals surface area (Å²) >= 11 is 0. The molecule has 2 nitrogen and oxygen atoms in total. The van der Waals surface area contributed by atoms with Gasteiger partial charge in [0.25, 0.3) is 0 Å². The Morgan fingerprint density at radius 1 is 1.44 bits per heavy atom. The van der Waals surface area contributed by atoms with Gasteiger partial charge in [-0.3, -0.25) is 4.79 Å². The first kappa shape index (κ1) is 12.5. The van der Waals surface area contributed by atoms with Crippen LogP contribution in [0.25, 0.3) is 0 Å². The summed E-state index contributed by atoms with van der Waals surface area (Å²) in [5.41, 5.74) is 6.20. The Bertz CT molecular complexity index is 358. The second-order valence-corrected chi connectivity index (χ2v) is 4.40. The molecule has 0 saturated heterocycles. The Labute approximate surface area is 97.2 Å². The predicted molar refractivity (Wildman–Crippen MR) is 66.9 cm³/mol. The maximum atomic E-state index is 11.4. The van der Waals surface area contributed by atoms with Gasteiger partial charge < -0.3 is 5.73 Å². The summed E-state index contributed by atoms with van der Waals surface area (Å²) in [5, 5.41) is 0. The molecule has 0 radical (unpaired) electrons. The smallest absolute Gasteiger partial charge is 0.223 e. The van der Waals surface area contributed by atoms with Crippen LogP contribution < -0.4 is 5.73 Å². The molecule has 1 amide bonds. The number of allylic oxidation sites excluding steroid dienone is 1. The summed E-state index contributed by atoms with van der Waals surface area (Å²) in [6, 6.07) is 10.1. The third-order valence-corrected chi connectivity index (χ3v) is 3.00. The van der Waals surface area contributed by atoms with E-state index in [1.807, 2.05) is 25.1 Å². The van der Waals surface area contributed by atoms with E-state index in [9.17, 15) is 4.79 Å². The molecule has 0 aliphatic rings. The molecule has 1 aromatic rings. The average Bonchev–Trinajstić information content (AvgIpc) is 2.28. The third-order valence-electron chi connectivity index (χ3n) is 3.00. The van der Waals surface area contributed by atoms with Crippen LogP contribution in [0.2, 0.25) is 0 Å². The second-order valence-electron chi connectivity index (χ2n) is 4.40. The maximum absolute atomic E-state index is 11.4. The monoisotopic (exact) mass is 217 g/mol. The number of carbonyl (C=O) groups excluding carboxylic acids is 1. The highest BCUT2D eigenvalue weighted by molar-refractivity contribution is 5.80. The zero-order valence-electron chi connectivity index (χ0n) is 9.78. The third kappa shape index (κ3) is 3.23. The normalized spacial score (nSPS) is 14.1. The molecule has 16 heavy (non-hydrogen) atoms. The topological polar surface area (TPSA) is 43.1 Å². The van der Waals surface area contributed by atoms with Crippen LogP contribution in [0.3, 0.4) is 0 Å². The van der Waals surface area contributed by atoms with Gasteiger partial charge in [-0.1, -0.05) is 43.3 Å². The molecule has 1 atom stereocenters. The number of rotatable bonds is 6. The van der Waals surface area contributed by atoms with Crippen molar-refractivity contribution in [3.63, 3.8) is 0 Å². The van der Waals surface area contributed by atoms with Gasteiger partial charge in [0.15, 0.2) is 0 Å². The van der Waals surface area contributed by atoms with Gasteiger partial charge >= 0.3 is 0 Å². The highest BCUT2D eigenvalue weighted by Crippen LogP contribution is 2.27. The number of aryl methyl sites for hydroxylation is 1. The van der Waals surface area contributed by atoms with Crippen molar-refractivity contribution in [3.05, 3.63) is 48.6 Å².